The summed E-state index contributed by atoms with van der Waals surface area (Å²) in [4.78, 5) is 14.1. The van der Waals surface area contributed by atoms with Gasteiger partial charge in [-0.2, -0.15) is 0 Å². The number of para-hydroxylation sites is 1. The van der Waals surface area contributed by atoms with Crippen molar-refractivity contribution in [3.63, 3.8) is 0 Å². The van der Waals surface area contributed by atoms with E-state index in [2.05, 4.69) is 143 Å². The lowest BCUT2D eigenvalue weighted by Gasteiger charge is -2.14. The van der Waals surface area contributed by atoms with E-state index in [1.807, 2.05) is 24.8 Å². The summed E-state index contributed by atoms with van der Waals surface area (Å²) in [5.74, 6) is 0. The molecule has 0 fully saturated rings. The second-order valence-corrected chi connectivity index (χ2v) is 12.1. The van der Waals surface area contributed by atoms with Crippen LogP contribution in [0.2, 0.25) is 0 Å². The van der Waals surface area contributed by atoms with E-state index in [9.17, 15) is 0 Å². The maximum Gasteiger partial charge on any atom is 0.0886 e. The molecule has 0 aliphatic rings. The molecule has 10 rings (SSSR count). The Kier molecular flexibility index (Phi) is 5.54. The average Bonchev–Trinajstić information content (AvgIpc) is 3.48. The second-order valence-electron chi connectivity index (χ2n) is 12.1. The topological polar surface area (TPSA) is 43.6 Å². The molecule has 0 unspecified atom stereocenters. The molecule has 0 saturated carbocycles. The number of benzene rings is 6. The average molecular weight is 599 g/mol. The molecule has 0 amide bonds. The third-order valence-corrected chi connectivity index (χ3v) is 9.54. The molecular weight excluding hydrogens is 573 g/mol. The summed E-state index contributed by atoms with van der Waals surface area (Å²) >= 11 is 0. The van der Waals surface area contributed by atoms with Crippen LogP contribution in [-0.4, -0.2) is 19.5 Å². The summed E-state index contributed by atoms with van der Waals surface area (Å²) in [6, 6.07) is 47.6. The van der Waals surface area contributed by atoms with Crippen molar-refractivity contribution in [1.29, 1.82) is 0 Å². The summed E-state index contributed by atoms with van der Waals surface area (Å²) in [5, 5.41) is 10.1. The van der Waals surface area contributed by atoms with Crippen molar-refractivity contribution < 1.29 is 0 Å². The minimum absolute atomic E-state index is 0.849. The lowest BCUT2D eigenvalue weighted by Crippen LogP contribution is -1.94. The van der Waals surface area contributed by atoms with Gasteiger partial charge in [0.15, 0.2) is 0 Å². The Labute approximate surface area is 270 Å². The van der Waals surface area contributed by atoms with E-state index in [4.69, 9.17) is 9.97 Å². The molecule has 0 N–H and O–H groups in total. The number of pyridine rings is 3. The molecule has 4 nitrogen and oxygen atoms in total. The highest BCUT2D eigenvalue weighted by Gasteiger charge is 2.14. The van der Waals surface area contributed by atoms with Crippen molar-refractivity contribution in [1.82, 2.24) is 19.5 Å². The Morgan fingerprint density at radius 1 is 0.426 bits per heavy atom. The molecule has 0 bridgehead atoms. The largest absolute Gasteiger partial charge is 0.309 e. The highest BCUT2D eigenvalue weighted by atomic mass is 15.0. The summed E-state index contributed by atoms with van der Waals surface area (Å²) < 4.78 is 2.31. The molecule has 0 aliphatic heterocycles. The first-order valence-electron chi connectivity index (χ1n) is 15.8. The quantitative estimate of drug-likeness (QED) is 0.189. The van der Waals surface area contributed by atoms with Crippen molar-refractivity contribution in [3.8, 4) is 39.3 Å². The van der Waals surface area contributed by atoms with Crippen LogP contribution in [-0.2, 0) is 0 Å². The third kappa shape index (κ3) is 3.98. The van der Waals surface area contributed by atoms with Crippen molar-refractivity contribution in [3.05, 3.63) is 158 Å². The van der Waals surface area contributed by atoms with E-state index in [-0.39, 0.29) is 0 Å². The van der Waals surface area contributed by atoms with Crippen LogP contribution >= 0.6 is 0 Å². The minimum atomic E-state index is 0.849. The normalized spacial score (nSPS) is 11.8. The fraction of sp³-hybridized carbons (Fsp3) is 0. The predicted octanol–water partition coefficient (Wildman–Crippen LogP) is 10.9. The Balaban J connectivity index is 0.985. The van der Waals surface area contributed by atoms with E-state index in [1.165, 1.54) is 43.3 Å². The van der Waals surface area contributed by atoms with Crippen LogP contribution < -0.4 is 0 Å². The molecule has 0 saturated heterocycles. The van der Waals surface area contributed by atoms with E-state index in [1.54, 1.807) is 0 Å². The standard InChI is InChI=1S/C43H26N4/c1-2-10-40-35(9-1)37-26-44-22-21-41(37)47(40)33-8-4-7-30(23-33)31-15-19-38(45-24-31)39-20-16-32(25-46-39)34-17-13-29-12-11-27-5-3-6-28-14-18-36(34)43(29)42(27)28/h1-26H. The second kappa shape index (κ2) is 10.1. The maximum atomic E-state index is 4.87. The minimum Gasteiger partial charge on any atom is -0.309 e. The Morgan fingerprint density at radius 3 is 1.94 bits per heavy atom. The highest BCUT2D eigenvalue weighted by Crippen LogP contribution is 2.39. The maximum absolute atomic E-state index is 4.87. The van der Waals surface area contributed by atoms with Crippen molar-refractivity contribution in [2.45, 2.75) is 0 Å². The number of fused-ring (bicyclic) bond motifs is 3. The fourth-order valence-corrected chi connectivity index (χ4v) is 7.33. The lowest BCUT2D eigenvalue weighted by atomic mass is 9.90. The molecule has 218 valence electrons. The Bertz CT molecular complexity index is 2710. The smallest absolute Gasteiger partial charge is 0.0886 e. The lowest BCUT2D eigenvalue weighted by molar-refractivity contribution is 1.17. The molecule has 47 heavy (non-hydrogen) atoms. The summed E-state index contributed by atoms with van der Waals surface area (Å²) in [6.07, 6.45) is 7.73. The molecule has 0 radical (unpaired) electrons. The SMILES string of the molecule is c1cc(-c2ccc(-c3ccc(-c4ccc5ccc6cccc7ccc4c5c67)cn3)nc2)cc(-n2c3ccccc3c3cnccc32)c1. The Hall–Kier alpha value is -6.39. The first-order valence-corrected chi connectivity index (χ1v) is 15.8. The Morgan fingerprint density at radius 2 is 1.13 bits per heavy atom. The van der Waals surface area contributed by atoms with Gasteiger partial charge in [0.1, 0.15) is 0 Å². The number of nitrogens with zero attached hydrogens (tertiary/aromatic N) is 4. The van der Waals surface area contributed by atoms with Gasteiger partial charge in [-0.1, -0.05) is 97.1 Å². The van der Waals surface area contributed by atoms with Gasteiger partial charge in [-0.3, -0.25) is 15.0 Å². The molecule has 10 aromatic rings. The van der Waals surface area contributed by atoms with Gasteiger partial charge in [0.2, 0.25) is 0 Å². The van der Waals surface area contributed by atoms with Crippen molar-refractivity contribution >= 4 is 54.1 Å². The molecule has 0 aliphatic carbocycles. The number of hydrogen-bond acceptors (Lipinski definition) is 3. The van der Waals surface area contributed by atoms with Crippen LogP contribution in [0, 0.1) is 0 Å². The van der Waals surface area contributed by atoms with Gasteiger partial charge in [-0.15, -0.1) is 0 Å². The zero-order valence-corrected chi connectivity index (χ0v) is 25.3. The summed E-state index contributed by atoms with van der Waals surface area (Å²) in [6.45, 7) is 0. The first-order chi connectivity index (χ1) is 23.3. The number of aromatic nitrogens is 4. The van der Waals surface area contributed by atoms with Gasteiger partial charge in [-0.05, 0) is 79.8 Å². The molecule has 0 atom stereocenters. The summed E-state index contributed by atoms with van der Waals surface area (Å²) in [5.41, 5.74) is 9.57. The third-order valence-electron chi connectivity index (χ3n) is 9.54. The zero-order valence-electron chi connectivity index (χ0n) is 25.3. The van der Waals surface area contributed by atoms with Crippen LogP contribution in [0.3, 0.4) is 0 Å². The first kappa shape index (κ1) is 25.9. The van der Waals surface area contributed by atoms with Crippen LogP contribution in [0.15, 0.2) is 158 Å². The van der Waals surface area contributed by atoms with Gasteiger partial charge >= 0.3 is 0 Å². The van der Waals surface area contributed by atoms with Gasteiger partial charge < -0.3 is 4.57 Å². The van der Waals surface area contributed by atoms with Crippen LogP contribution in [0.25, 0.3) is 93.5 Å². The molecular formula is C43H26N4. The van der Waals surface area contributed by atoms with Crippen molar-refractivity contribution in [2.75, 3.05) is 0 Å². The van der Waals surface area contributed by atoms with Gasteiger partial charge in [0, 0.05) is 52.4 Å². The van der Waals surface area contributed by atoms with Gasteiger partial charge in [0.25, 0.3) is 0 Å². The number of hydrogen-bond donors (Lipinski definition) is 0. The highest BCUT2D eigenvalue weighted by molar-refractivity contribution is 6.25. The molecule has 4 heterocycles. The van der Waals surface area contributed by atoms with Crippen LogP contribution in [0.1, 0.15) is 0 Å². The molecule has 4 aromatic heterocycles. The van der Waals surface area contributed by atoms with Crippen molar-refractivity contribution in [2.24, 2.45) is 0 Å². The predicted molar refractivity (Wildman–Crippen MR) is 194 cm³/mol. The van der Waals surface area contributed by atoms with Crippen LogP contribution in [0.5, 0.6) is 0 Å². The molecule has 6 aromatic carbocycles. The van der Waals surface area contributed by atoms with Crippen LogP contribution in [0.4, 0.5) is 0 Å². The van der Waals surface area contributed by atoms with Gasteiger partial charge in [-0.25, -0.2) is 0 Å². The van der Waals surface area contributed by atoms with E-state index in [0.29, 0.717) is 0 Å². The molecule has 0 spiro atoms. The zero-order chi connectivity index (χ0) is 30.9. The molecule has 4 heteroatoms. The fourth-order valence-electron chi connectivity index (χ4n) is 7.33. The number of rotatable bonds is 4. The van der Waals surface area contributed by atoms with E-state index >= 15 is 0 Å². The monoisotopic (exact) mass is 598 g/mol. The summed E-state index contributed by atoms with van der Waals surface area (Å²) in [7, 11) is 0. The van der Waals surface area contributed by atoms with E-state index in [0.717, 1.165) is 50.2 Å². The van der Waals surface area contributed by atoms with E-state index < -0.39 is 0 Å². The van der Waals surface area contributed by atoms with Gasteiger partial charge in [0.05, 0.1) is 22.4 Å².